The number of carbonyl (C=O) groups excluding carboxylic acids is 1. The Morgan fingerprint density at radius 2 is 2.00 bits per heavy atom. The van der Waals surface area contributed by atoms with Gasteiger partial charge in [0.05, 0.1) is 10.4 Å². The van der Waals surface area contributed by atoms with Gasteiger partial charge in [-0.15, -0.1) is 11.3 Å². The van der Waals surface area contributed by atoms with Crippen LogP contribution in [0.2, 0.25) is 4.34 Å². The van der Waals surface area contributed by atoms with Crippen LogP contribution in [0, 0.1) is 11.3 Å². The molecule has 3 unspecified atom stereocenters. The van der Waals surface area contributed by atoms with Gasteiger partial charge in [-0.3, -0.25) is 0 Å². The number of fused-ring (bicyclic) bond motifs is 2. The van der Waals surface area contributed by atoms with E-state index in [1.807, 2.05) is 0 Å². The van der Waals surface area contributed by atoms with E-state index < -0.39 is 10.0 Å². The smallest absolute Gasteiger partial charge is 0.409 e. The lowest BCUT2D eigenvalue weighted by Gasteiger charge is -2.37. The molecule has 1 amide bonds. The molecule has 1 aromatic rings. The van der Waals surface area contributed by atoms with Gasteiger partial charge in [0.2, 0.25) is 10.0 Å². The standard InChI is InChI=1S/C20H29ClN2O5S2/c21-16-4-5-17(29-16)30(26,27)22-18-14-3-1-2-9-20(18,10-6-14)13-28-19(25)23-11-7-15(24)8-12-23/h4-5,14-15,18,22,24H,1-3,6-13H2. The Balaban J connectivity index is 1.48. The van der Waals surface area contributed by atoms with Gasteiger partial charge in [0.15, 0.2) is 0 Å². The molecule has 0 spiro atoms. The summed E-state index contributed by atoms with van der Waals surface area (Å²) in [5, 5.41) is 9.65. The van der Waals surface area contributed by atoms with Gasteiger partial charge in [-0.25, -0.2) is 17.9 Å². The van der Waals surface area contributed by atoms with Gasteiger partial charge in [0.1, 0.15) is 10.8 Å². The minimum absolute atomic E-state index is 0.218. The second-order valence-electron chi connectivity index (χ2n) is 8.84. The second-order valence-corrected chi connectivity index (χ2v) is 12.5. The molecule has 168 valence electrons. The third-order valence-electron chi connectivity index (χ3n) is 6.95. The Morgan fingerprint density at radius 1 is 1.23 bits per heavy atom. The lowest BCUT2D eigenvalue weighted by Crippen LogP contribution is -2.50. The van der Waals surface area contributed by atoms with Crippen LogP contribution in [0.25, 0.3) is 0 Å². The van der Waals surface area contributed by atoms with Crippen molar-refractivity contribution in [2.24, 2.45) is 11.3 Å². The fourth-order valence-electron chi connectivity index (χ4n) is 5.24. The summed E-state index contributed by atoms with van der Waals surface area (Å²) in [5.74, 6) is 0.251. The summed E-state index contributed by atoms with van der Waals surface area (Å²) in [6.45, 7) is 1.20. The van der Waals surface area contributed by atoms with Crippen molar-refractivity contribution in [1.82, 2.24) is 9.62 Å². The molecule has 10 heteroatoms. The number of aliphatic hydroxyl groups excluding tert-OH is 1. The Kier molecular flexibility index (Phi) is 6.65. The molecule has 2 aliphatic carbocycles. The number of hydrogen-bond donors (Lipinski definition) is 2. The molecule has 3 aliphatic rings. The number of sulfonamides is 1. The van der Waals surface area contributed by atoms with Crippen molar-refractivity contribution in [3.8, 4) is 0 Å². The number of thiophene rings is 1. The van der Waals surface area contributed by atoms with Crippen LogP contribution in [-0.4, -0.2) is 56.4 Å². The van der Waals surface area contributed by atoms with E-state index in [9.17, 15) is 18.3 Å². The van der Waals surface area contributed by atoms with Gasteiger partial charge in [-0.2, -0.15) is 0 Å². The number of piperidine rings is 1. The summed E-state index contributed by atoms with van der Waals surface area (Å²) in [4.78, 5) is 14.2. The van der Waals surface area contributed by atoms with E-state index in [2.05, 4.69) is 4.72 Å². The minimum atomic E-state index is -3.68. The summed E-state index contributed by atoms with van der Waals surface area (Å²) in [7, 11) is -3.68. The van der Waals surface area contributed by atoms with Crippen molar-refractivity contribution in [3.05, 3.63) is 16.5 Å². The van der Waals surface area contributed by atoms with E-state index in [4.69, 9.17) is 16.3 Å². The quantitative estimate of drug-likeness (QED) is 0.676. The number of nitrogens with zero attached hydrogens (tertiary/aromatic N) is 1. The molecule has 1 aromatic heterocycles. The predicted molar refractivity (Wildman–Crippen MR) is 115 cm³/mol. The number of nitrogens with one attached hydrogen (secondary N) is 1. The van der Waals surface area contributed by atoms with Crippen LogP contribution >= 0.6 is 22.9 Å². The molecule has 30 heavy (non-hydrogen) atoms. The fraction of sp³-hybridized carbons (Fsp3) is 0.750. The summed E-state index contributed by atoms with van der Waals surface area (Å²) in [6.07, 6.45) is 6.09. The average Bonchev–Trinajstić information content (AvgIpc) is 3.23. The molecule has 1 saturated heterocycles. The third kappa shape index (κ3) is 4.65. The van der Waals surface area contributed by atoms with Crippen LogP contribution in [0.4, 0.5) is 4.79 Å². The van der Waals surface area contributed by atoms with Crippen molar-refractivity contribution in [1.29, 1.82) is 0 Å². The maximum atomic E-state index is 13.0. The highest BCUT2D eigenvalue weighted by Crippen LogP contribution is 2.50. The lowest BCUT2D eigenvalue weighted by atomic mass is 9.79. The van der Waals surface area contributed by atoms with Crippen LogP contribution in [0.5, 0.6) is 0 Å². The molecule has 7 nitrogen and oxygen atoms in total. The number of halogens is 1. The van der Waals surface area contributed by atoms with Crippen molar-refractivity contribution in [2.75, 3.05) is 19.7 Å². The van der Waals surface area contributed by atoms with E-state index in [-0.39, 0.29) is 40.4 Å². The lowest BCUT2D eigenvalue weighted by molar-refractivity contribution is 0.0260. The Hall–Kier alpha value is -0.870. The number of carbonyl (C=O) groups is 1. The highest BCUT2D eigenvalue weighted by atomic mass is 35.5. The van der Waals surface area contributed by atoms with Crippen LogP contribution < -0.4 is 4.72 Å². The largest absolute Gasteiger partial charge is 0.449 e. The zero-order valence-electron chi connectivity index (χ0n) is 16.9. The molecule has 0 radical (unpaired) electrons. The molecular formula is C20H29ClN2O5S2. The van der Waals surface area contributed by atoms with Crippen LogP contribution in [0.3, 0.4) is 0 Å². The number of ether oxygens (including phenoxy) is 1. The van der Waals surface area contributed by atoms with Crippen molar-refractivity contribution in [3.63, 3.8) is 0 Å². The molecule has 2 bridgehead atoms. The maximum Gasteiger partial charge on any atom is 0.409 e. The molecule has 4 rings (SSSR count). The van der Waals surface area contributed by atoms with Crippen LogP contribution in [0.1, 0.15) is 51.4 Å². The molecule has 3 atom stereocenters. The topological polar surface area (TPSA) is 95.9 Å². The average molecular weight is 477 g/mol. The zero-order valence-corrected chi connectivity index (χ0v) is 19.3. The minimum Gasteiger partial charge on any atom is -0.449 e. The number of hydrogen-bond acceptors (Lipinski definition) is 6. The summed E-state index contributed by atoms with van der Waals surface area (Å²) in [5.41, 5.74) is -0.375. The zero-order chi connectivity index (χ0) is 21.4. The van der Waals surface area contributed by atoms with Crippen molar-refractivity contribution >= 4 is 39.1 Å². The second kappa shape index (κ2) is 8.94. The molecule has 2 saturated carbocycles. The first-order chi connectivity index (χ1) is 14.3. The molecular weight excluding hydrogens is 448 g/mol. The van der Waals surface area contributed by atoms with Gasteiger partial charge in [0, 0.05) is 24.5 Å². The van der Waals surface area contributed by atoms with Crippen molar-refractivity contribution in [2.45, 2.75) is 67.7 Å². The van der Waals surface area contributed by atoms with Gasteiger partial charge in [-0.1, -0.05) is 24.4 Å². The number of aliphatic hydroxyl groups is 1. The highest BCUT2D eigenvalue weighted by molar-refractivity contribution is 7.91. The number of likely N-dealkylation sites (tertiary alicyclic amines) is 1. The molecule has 2 N–H and O–H groups in total. The first kappa shape index (κ1) is 22.3. The Morgan fingerprint density at radius 3 is 2.70 bits per heavy atom. The third-order valence-corrected chi connectivity index (χ3v) is 10.1. The summed E-state index contributed by atoms with van der Waals surface area (Å²) in [6, 6.07) is 2.88. The number of amides is 1. The van der Waals surface area contributed by atoms with Gasteiger partial charge in [-0.05, 0) is 56.6 Å². The predicted octanol–water partition coefficient (Wildman–Crippen LogP) is 3.61. The van der Waals surface area contributed by atoms with Crippen LogP contribution in [0.15, 0.2) is 16.3 Å². The highest BCUT2D eigenvalue weighted by Gasteiger charge is 2.51. The van der Waals surface area contributed by atoms with Gasteiger partial charge in [0.25, 0.3) is 0 Å². The Labute approximate surface area is 186 Å². The van der Waals surface area contributed by atoms with E-state index in [1.54, 1.807) is 11.0 Å². The summed E-state index contributed by atoms with van der Waals surface area (Å²) < 4.78 is 35.4. The van der Waals surface area contributed by atoms with E-state index in [0.717, 1.165) is 49.9 Å². The van der Waals surface area contributed by atoms with E-state index in [1.165, 1.54) is 6.07 Å². The SMILES string of the molecule is O=C(OCC12CCCCC(CC1)C2NS(=O)(=O)c1ccc(Cl)s1)N1CCC(O)CC1. The van der Waals surface area contributed by atoms with E-state index in [0.29, 0.717) is 30.3 Å². The number of rotatable bonds is 5. The molecule has 1 aliphatic heterocycles. The normalized spacial score (nSPS) is 30.3. The summed E-state index contributed by atoms with van der Waals surface area (Å²) >= 11 is 7.00. The van der Waals surface area contributed by atoms with Gasteiger partial charge < -0.3 is 14.7 Å². The molecule has 3 fully saturated rings. The van der Waals surface area contributed by atoms with Crippen molar-refractivity contribution < 1.29 is 23.1 Å². The first-order valence-electron chi connectivity index (χ1n) is 10.7. The maximum absolute atomic E-state index is 13.0. The molecule has 2 heterocycles. The van der Waals surface area contributed by atoms with Crippen LogP contribution in [-0.2, 0) is 14.8 Å². The fourth-order valence-corrected chi connectivity index (χ4v) is 8.14. The first-order valence-corrected chi connectivity index (χ1v) is 13.3. The monoisotopic (exact) mass is 476 g/mol. The Bertz CT molecular complexity index is 868. The van der Waals surface area contributed by atoms with E-state index >= 15 is 0 Å². The van der Waals surface area contributed by atoms with Gasteiger partial charge >= 0.3 is 6.09 Å². The molecule has 0 aromatic carbocycles.